The van der Waals surface area contributed by atoms with Crippen molar-refractivity contribution in [3.05, 3.63) is 100.0 Å². The molecule has 5 rings (SSSR count). The van der Waals surface area contributed by atoms with Gasteiger partial charge in [-0.05, 0) is 31.5 Å². The van der Waals surface area contributed by atoms with E-state index < -0.39 is 0 Å². The van der Waals surface area contributed by atoms with E-state index in [9.17, 15) is 9.59 Å². The molecule has 8 heteroatoms. The van der Waals surface area contributed by atoms with Crippen LogP contribution in [0.4, 0.5) is 0 Å². The SMILES string of the molecule is Cc1ccc(-c2noc(-c3cn(CC(=O)NCc4ccccc4)c4nc(C)ccc4c3=O)n2)cc1. The number of nitrogens with zero attached hydrogens (tertiary/aromatic N) is 4. The van der Waals surface area contributed by atoms with Crippen molar-refractivity contribution in [2.24, 2.45) is 0 Å². The van der Waals surface area contributed by atoms with E-state index in [2.05, 4.69) is 20.4 Å². The first kappa shape index (κ1) is 22.2. The Kier molecular flexibility index (Phi) is 5.93. The molecule has 0 saturated carbocycles. The van der Waals surface area contributed by atoms with Gasteiger partial charge < -0.3 is 14.4 Å². The molecule has 0 fully saturated rings. The molecule has 35 heavy (non-hydrogen) atoms. The van der Waals surface area contributed by atoms with Crippen LogP contribution in [0.25, 0.3) is 33.9 Å². The van der Waals surface area contributed by atoms with E-state index in [0.717, 1.165) is 22.4 Å². The largest absolute Gasteiger partial charge is 0.350 e. The van der Waals surface area contributed by atoms with Crippen molar-refractivity contribution in [3.8, 4) is 22.8 Å². The van der Waals surface area contributed by atoms with Crippen LogP contribution >= 0.6 is 0 Å². The third-order valence-corrected chi connectivity index (χ3v) is 5.67. The average molecular weight is 466 g/mol. The monoisotopic (exact) mass is 465 g/mol. The van der Waals surface area contributed by atoms with Gasteiger partial charge in [0, 0.05) is 24.0 Å². The van der Waals surface area contributed by atoms with Crippen molar-refractivity contribution in [3.63, 3.8) is 0 Å². The summed E-state index contributed by atoms with van der Waals surface area (Å²) in [5.74, 6) is 0.263. The number of benzene rings is 2. The highest BCUT2D eigenvalue weighted by Crippen LogP contribution is 2.22. The molecule has 0 radical (unpaired) electrons. The predicted molar refractivity (Wildman–Crippen MR) is 132 cm³/mol. The van der Waals surface area contributed by atoms with Gasteiger partial charge in [0.15, 0.2) is 0 Å². The number of nitrogens with one attached hydrogen (secondary N) is 1. The van der Waals surface area contributed by atoms with E-state index in [0.29, 0.717) is 23.4 Å². The van der Waals surface area contributed by atoms with Crippen LogP contribution < -0.4 is 10.7 Å². The van der Waals surface area contributed by atoms with Crippen LogP contribution in [0.15, 0.2) is 82.2 Å². The maximum absolute atomic E-state index is 13.3. The highest BCUT2D eigenvalue weighted by Gasteiger charge is 2.19. The van der Waals surface area contributed by atoms with Crippen molar-refractivity contribution >= 4 is 16.9 Å². The summed E-state index contributed by atoms with van der Waals surface area (Å²) < 4.78 is 7.11. The molecule has 3 heterocycles. The average Bonchev–Trinajstić information content (AvgIpc) is 3.35. The van der Waals surface area contributed by atoms with Gasteiger partial charge in [-0.1, -0.05) is 65.3 Å². The normalized spacial score (nSPS) is 11.0. The van der Waals surface area contributed by atoms with E-state index in [1.54, 1.807) is 22.9 Å². The molecule has 0 spiro atoms. The Morgan fingerprint density at radius 3 is 2.51 bits per heavy atom. The van der Waals surface area contributed by atoms with Gasteiger partial charge in [-0.2, -0.15) is 4.98 Å². The Morgan fingerprint density at radius 1 is 0.971 bits per heavy atom. The third-order valence-electron chi connectivity index (χ3n) is 5.67. The summed E-state index contributed by atoms with van der Waals surface area (Å²) in [5.41, 5.74) is 3.98. The molecular weight excluding hydrogens is 442 g/mol. The van der Waals surface area contributed by atoms with Gasteiger partial charge in [0.05, 0.1) is 5.39 Å². The first-order chi connectivity index (χ1) is 17.0. The van der Waals surface area contributed by atoms with E-state index in [1.165, 1.54) is 0 Å². The van der Waals surface area contributed by atoms with Gasteiger partial charge in [0.1, 0.15) is 17.8 Å². The van der Waals surface area contributed by atoms with Gasteiger partial charge in [0.25, 0.3) is 5.89 Å². The molecule has 0 unspecified atom stereocenters. The topological polar surface area (TPSA) is 103 Å². The minimum atomic E-state index is -0.285. The molecule has 3 aromatic heterocycles. The Morgan fingerprint density at radius 2 is 1.74 bits per heavy atom. The fourth-order valence-electron chi connectivity index (χ4n) is 3.79. The van der Waals surface area contributed by atoms with Crippen LogP contribution in [0, 0.1) is 13.8 Å². The highest BCUT2D eigenvalue weighted by atomic mass is 16.5. The number of pyridine rings is 2. The number of aromatic nitrogens is 4. The maximum Gasteiger partial charge on any atom is 0.263 e. The molecule has 0 aliphatic carbocycles. The lowest BCUT2D eigenvalue weighted by molar-refractivity contribution is -0.121. The zero-order valence-electron chi connectivity index (χ0n) is 19.4. The Bertz CT molecular complexity index is 1570. The summed E-state index contributed by atoms with van der Waals surface area (Å²) in [4.78, 5) is 35.0. The molecule has 0 atom stereocenters. The van der Waals surface area contributed by atoms with Gasteiger partial charge in [0.2, 0.25) is 17.2 Å². The summed E-state index contributed by atoms with van der Waals surface area (Å²) in [6, 6.07) is 20.8. The van der Waals surface area contributed by atoms with E-state index in [1.807, 2.05) is 68.4 Å². The fourth-order valence-corrected chi connectivity index (χ4v) is 3.79. The van der Waals surface area contributed by atoms with E-state index in [-0.39, 0.29) is 29.3 Å². The van der Waals surface area contributed by atoms with Crippen molar-refractivity contribution in [1.82, 2.24) is 25.0 Å². The molecule has 0 aliphatic heterocycles. The van der Waals surface area contributed by atoms with Crippen LogP contribution in [-0.2, 0) is 17.9 Å². The second-order valence-corrected chi connectivity index (χ2v) is 8.38. The molecule has 5 aromatic rings. The molecule has 0 bridgehead atoms. The highest BCUT2D eigenvalue weighted by molar-refractivity contribution is 5.83. The minimum Gasteiger partial charge on any atom is -0.350 e. The van der Waals surface area contributed by atoms with Crippen LogP contribution in [0.2, 0.25) is 0 Å². The number of carbonyl (C=O) groups excluding carboxylic acids is 1. The maximum atomic E-state index is 13.3. The predicted octanol–water partition coefficient (Wildman–Crippen LogP) is 4.05. The molecule has 8 nitrogen and oxygen atoms in total. The Labute approximate surface area is 201 Å². The summed E-state index contributed by atoms with van der Waals surface area (Å²) in [5, 5.41) is 7.34. The number of amides is 1. The zero-order valence-corrected chi connectivity index (χ0v) is 19.4. The molecule has 1 amide bonds. The number of hydrogen-bond acceptors (Lipinski definition) is 6. The number of fused-ring (bicyclic) bond motifs is 1. The smallest absolute Gasteiger partial charge is 0.263 e. The second kappa shape index (κ2) is 9.34. The van der Waals surface area contributed by atoms with Crippen LogP contribution in [-0.4, -0.2) is 25.6 Å². The number of aryl methyl sites for hydroxylation is 2. The van der Waals surface area contributed by atoms with Crippen molar-refractivity contribution in [2.45, 2.75) is 26.9 Å². The van der Waals surface area contributed by atoms with Crippen molar-refractivity contribution in [1.29, 1.82) is 0 Å². The molecular formula is C27H23N5O3. The van der Waals surface area contributed by atoms with Crippen LogP contribution in [0.5, 0.6) is 0 Å². The Balaban J connectivity index is 1.50. The fraction of sp³-hybridized carbons (Fsp3) is 0.148. The van der Waals surface area contributed by atoms with Gasteiger partial charge >= 0.3 is 0 Å². The van der Waals surface area contributed by atoms with Gasteiger partial charge in [-0.25, -0.2) is 4.98 Å². The first-order valence-electron chi connectivity index (χ1n) is 11.2. The number of rotatable bonds is 6. The summed E-state index contributed by atoms with van der Waals surface area (Å²) in [7, 11) is 0. The van der Waals surface area contributed by atoms with Crippen molar-refractivity contribution in [2.75, 3.05) is 0 Å². The lowest BCUT2D eigenvalue weighted by Crippen LogP contribution is -2.28. The van der Waals surface area contributed by atoms with Crippen LogP contribution in [0.1, 0.15) is 16.8 Å². The molecule has 2 aromatic carbocycles. The molecule has 174 valence electrons. The van der Waals surface area contributed by atoms with E-state index in [4.69, 9.17) is 4.52 Å². The summed E-state index contributed by atoms with van der Waals surface area (Å²) >= 11 is 0. The Hall–Kier alpha value is -4.59. The zero-order chi connectivity index (χ0) is 24.4. The number of hydrogen-bond donors (Lipinski definition) is 1. The number of carbonyl (C=O) groups is 1. The summed E-state index contributed by atoms with van der Waals surface area (Å²) in [6.07, 6.45) is 1.56. The minimum absolute atomic E-state index is 0.0218. The molecule has 1 N–H and O–H groups in total. The van der Waals surface area contributed by atoms with Crippen LogP contribution in [0.3, 0.4) is 0 Å². The van der Waals surface area contributed by atoms with Gasteiger partial charge in [-0.3, -0.25) is 9.59 Å². The lowest BCUT2D eigenvalue weighted by atomic mass is 10.1. The molecule has 0 aliphatic rings. The first-order valence-corrected chi connectivity index (χ1v) is 11.2. The second-order valence-electron chi connectivity index (χ2n) is 8.38. The third kappa shape index (κ3) is 4.72. The van der Waals surface area contributed by atoms with E-state index >= 15 is 0 Å². The lowest BCUT2D eigenvalue weighted by Gasteiger charge is -2.12. The quantitative estimate of drug-likeness (QED) is 0.406. The summed E-state index contributed by atoms with van der Waals surface area (Å²) in [6.45, 7) is 4.21. The molecule has 0 saturated heterocycles. The standard InChI is InChI=1S/C27H23N5O3/c1-17-8-11-20(12-9-17)25-30-27(35-31-25)22-15-32(26-21(24(22)34)13-10-18(2)29-26)16-23(33)28-14-19-6-4-3-5-7-19/h3-13,15H,14,16H2,1-2H3,(H,28,33). The van der Waals surface area contributed by atoms with Crippen molar-refractivity contribution < 1.29 is 9.32 Å². The van der Waals surface area contributed by atoms with Gasteiger partial charge in [-0.15, -0.1) is 0 Å².